The summed E-state index contributed by atoms with van der Waals surface area (Å²) in [6.07, 6.45) is 5.84. The maximum Gasteiger partial charge on any atom is 0.272 e. The normalized spacial score (nSPS) is 15.9. The van der Waals surface area contributed by atoms with Crippen LogP contribution in [0.5, 0.6) is 5.75 Å². The highest BCUT2D eigenvalue weighted by molar-refractivity contribution is 5.96. The Labute approximate surface area is 199 Å². The predicted molar refractivity (Wildman–Crippen MR) is 133 cm³/mol. The number of nitrogens with zero attached hydrogens (tertiary/aromatic N) is 3. The molecule has 2 heterocycles. The van der Waals surface area contributed by atoms with E-state index in [1.54, 1.807) is 19.3 Å². The molecule has 1 saturated heterocycles. The largest absolute Gasteiger partial charge is 0.496 e. The van der Waals surface area contributed by atoms with Crippen molar-refractivity contribution in [3.8, 4) is 5.75 Å². The third-order valence-electron chi connectivity index (χ3n) is 5.76. The SMILES string of the molecule is [C-]#[N+]c1cc(N(C)c2ccc(OC)c(/C=C/C(=O)COC3CCCCO3)c2)c2ccccc2n1. The standard InChI is InChI=1S/C27H27N3O4/c1-28-26-17-24(22-8-4-5-9-23(22)29-26)30(2)20-12-14-25(32-3)19(16-20)11-13-21(31)18-34-27-10-6-7-15-33-27/h4-5,8-9,11-14,16-17,27H,6-7,10,15,18H2,2-3H3/b13-11+. The minimum Gasteiger partial charge on any atom is -0.496 e. The van der Waals surface area contributed by atoms with Crippen molar-refractivity contribution in [1.82, 2.24) is 4.98 Å². The summed E-state index contributed by atoms with van der Waals surface area (Å²) >= 11 is 0. The highest BCUT2D eigenvalue weighted by Crippen LogP contribution is 2.35. The summed E-state index contributed by atoms with van der Waals surface area (Å²) in [7, 11) is 3.54. The van der Waals surface area contributed by atoms with Crippen LogP contribution in [0.1, 0.15) is 24.8 Å². The number of ketones is 1. The van der Waals surface area contributed by atoms with Crippen LogP contribution in [-0.2, 0) is 14.3 Å². The molecule has 4 rings (SSSR count). The summed E-state index contributed by atoms with van der Waals surface area (Å²) in [6, 6.07) is 15.3. The lowest BCUT2D eigenvalue weighted by Gasteiger charge is -2.22. The number of hydrogen-bond donors (Lipinski definition) is 0. The zero-order chi connectivity index (χ0) is 23.9. The molecule has 174 valence electrons. The Balaban J connectivity index is 1.56. The predicted octanol–water partition coefficient (Wildman–Crippen LogP) is 5.69. The number of aromatic nitrogens is 1. The van der Waals surface area contributed by atoms with Crippen LogP contribution >= 0.6 is 0 Å². The number of carbonyl (C=O) groups excluding carboxylic acids is 1. The van der Waals surface area contributed by atoms with Gasteiger partial charge in [-0.3, -0.25) is 4.79 Å². The smallest absolute Gasteiger partial charge is 0.272 e. The van der Waals surface area contributed by atoms with Crippen molar-refractivity contribution in [2.45, 2.75) is 25.6 Å². The summed E-state index contributed by atoms with van der Waals surface area (Å²) < 4.78 is 16.6. The van der Waals surface area contributed by atoms with Gasteiger partial charge in [0.25, 0.3) is 5.82 Å². The molecule has 0 bridgehead atoms. The highest BCUT2D eigenvalue weighted by atomic mass is 16.7. The average molecular weight is 458 g/mol. The van der Waals surface area contributed by atoms with Crippen LogP contribution in [0.15, 0.2) is 54.6 Å². The first-order valence-electron chi connectivity index (χ1n) is 11.2. The van der Waals surface area contributed by atoms with Crippen LogP contribution in [0.25, 0.3) is 21.8 Å². The van der Waals surface area contributed by atoms with Crippen molar-refractivity contribution < 1.29 is 19.0 Å². The average Bonchev–Trinajstić information content (AvgIpc) is 2.90. The Morgan fingerprint density at radius 1 is 1.26 bits per heavy atom. The lowest BCUT2D eigenvalue weighted by atomic mass is 10.1. The fourth-order valence-corrected chi connectivity index (χ4v) is 3.93. The van der Waals surface area contributed by atoms with E-state index in [1.165, 1.54) is 6.08 Å². The first-order chi connectivity index (χ1) is 16.6. The first kappa shape index (κ1) is 23.4. The Morgan fingerprint density at radius 2 is 2.12 bits per heavy atom. The van der Waals surface area contributed by atoms with Crippen molar-refractivity contribution in [3.63, 3.8) is 0 Å². The number of rotatable bonds is 8. The van der Waals surface area contributed by atoms with Gasteiger partial charge in [-0.05, 0) is 67.8 Å². The monoisotopic (exact) mass is 457 g/mol. The van der Waals surface area contributed by atoms with Crippen LogP contribution in [0.2, 0.25) is 0 Å². The quantitative estimate of drug-likeness (QED) is 0.320. The van der Waals surface area contributed by atoms with Gasteiger partial charge in [-0.2, -0.15) is 0 Å². The fraction of sp³-hybridized carbons (Fsp3) is 0.296. The van der Waals surface area contributed by atoms with Gasteiger partial charge in [0.2, 0.25) is 0 Å². The summed E-state index contributed by atoms with van der Waals surface area (Å²) in [5.41, 5.74) is 3.28. The molecule has 1 atom stereocenters. The number of benzene rings is 2. The van der Waals surface area contributed by atoms with Crippen molar-refractivity contribution in [3.05, 3.63) is 71.6 Å². The van der Waals surface area contributed by atoms with E-state index in [0.29, 0.717) is 18.2 Å². The van der Waals surface area contributed by atoms with Crippen LogP contribution in [-0.4, -0.2) is 44.4 Å². The summed E-state index contributed by atoms with van der Waals surface area (Å²) in [5.74, 6) is 0.845. The molecule has 7 heteroatoms. The fourth-order valence-electron chi connectivity index (χ4n) is 3.93. The number of carbonyl (C=O) groups is 1. The Kier molecular flexibility index (Phi) is 7.53. The molecule has 1 unspecified atom stereocenters. The number of ether oxygens (including phenoxy) is 3. The zero-order valence-corrected chi connectivity index (χ0v) is 19.4. The molecule has 34 heavy (non-hydrogen) atoms. The number of hydrogen-bond acceptors (Lipinski definition) is 6. The van der Waals surface area contributed by atoms with Crippen molar-refractivity contribution in [2.75, 3.05) is 32.3 Å². The molecule has 3 aromatic rings. The molecule has 0 amide bonds. The Bertz CT molecular complexity index is 1240. The maximum atomic E-state index is 12.4. The lowest BCUT2D eigenvalue weighted by molar-refractivity contribution is -0.167. The molecule has 0 N–H and O–H groups in total. The van der Waals surface area contributed by atoms with Crippen LogP contribution in [0.4, 0.5) is 17.2 Å². The van der Waals surface area contributed by atoms with E-state index in [0.717, 1.165) is 47.1 Å². The minimum absolute atomic E-state index is 0.0223. The second kappa shape index (κ2) is 10.9. The van der Waals surface area contributed by atoms with Crippen molar-refractivity contribution in [1.29, 1.82) is 0 Å². The molecular weight excluding hydrogens is 430 g/mol. The van der Waals surface area contributed by atoms with E-state index in [9.17, 15) is 4.79 Å². The van der Waals surface area contributed by atoms with E-state index in [2.05, 4.69) is 9.83 Å². The van der Waals surface area contributed by atoms with E-state index < -0.39 is 0 Å². The van der Waals surface area contributed by atoms with E-state index in [4.69, 9.17) is 20.8 Å². The van der Waals surface area contributed by atoms with Gasteiger partial charge in [0.1, 0.15) is 12.4 Å². The summed E-state index contributed by atoms with van der Waals surface area (Å²) in [6.45, 7) is 8.07. The molecule has 0 radical (unpaired) electrons. The molecule has 1 fully saturated rings. The van der Waals surface area contributed by atoms with Crippen molar-refractivity contribution >= 4 is 40.0 Å². The number of para-hydroxylation sites is 1. The molecule has 1 aromatic heterocycles. The molecule has 1 aliphatic heterocycles. The van der Waals surface area contributed by atoms with Gasteiger partial charge in [0, 0.05) is 36.0 Å². The van der Waals surface area contributed by atoms with Gasteiger partial charge in [-0.15, -0.1) is 4.98 Å². The van der Waals surface area contributed by atoms with Gasteiger partial charge >= 0.3 is 0 Å². The van der Waals surface area contributed by atoms with E-state index >= 15 is 0 Å². The molecule has 0 aliphatic carbocycles. The van der Waals surface area contributed by atoms with Gasteiger partial charge in [-0.25, -0.2) is 0 Å². The number of pyridine rings is 1. The summed E-state index contributed by atoms with van der Waals surface area (Å²) in [5, 5.41) is 0.947. The first-order valence-corrected chi connectivity index (χ1v) is 11.2. The van der Waals surface area contributed by atoms with Crippen LogP contribution in [0, 0.1) is 6.57 Å². The topological polar surface area (TPSA) is 65.3 Å². The highest BCUT2D eigenvalue weighted by Gasteiger charge is 2.16. The van der Waals surface area contributed by atoms with Gasteiger partial charge in [0.05, 0.1) is 7.11 Å². The minimum atomic E-state index is -0.298. The third kappa shape index (κ3) is 5.42. The Hall–Kier alpha value is -3.73. The van der Waals surface area contributed by atoms with Gasteiger partial charge in [0.15, 0.2) is 17.6 Å². The maximum absolute atomic E-state index is 12.4. The number of fused-ring (bicyclic) bond motifs is 1. The number of anilines is 2. The van der Waals surface area contributed by atoms with Gasteiger partial charge in [-0.1, -0.05) is 18.7 Å². The second-order valence-electron chi connectivity index (χ2n) is 8.02. The van der Waals surface area contributed by atoms with E-state index in [1.807, 2.05) is 54.4 Å². The molecule has 2 aromatic carbocycles. The van der Waals surface area contributed by atoms with Crippen LogP contribution < -0.4 is 9.64 Å². The zero-order valence-electron chi connectivity index (χ0n) is 19.4. The third-order valence-corrected chi connectivity index (χ3v) is 5.76. The molecule has 0 saturated carbocycles. The lowest BCUT2D eigenvalue weighted by Crippen LogP contribution is -2.24. The molecular formula is C27H27N3O4. The second-order valence-corrected chi connectivity index (χ2v) is 8.02. The van der Waals surface area contributed by atoms with Gasteiger partial charge < -0.3 is 24.0 Å². The summed E-state index contributed by atoms with van der Waals surface area (Å²) in [4.78, 5) is 22.3. The number of methoxy groups -OCH3 is 1. The molecule has 1 aliphatic rings. The van der Waals surface area contributed by atoms with Crippen molar-refractivity contribution in [2.24, 2.45) is 0 Å². The van der Waals surface area contributed by atoms with Crippen LogP contribution in [0.3, 0.4) is 0 Å². The molecule has 7 nitrogen and oxygen atoms in total. The van der Waals surface area contributed by atoms with E-state index in [-0.39, 0.29) is 18.7 Å². The molecule has 0 spiro atoms. The Morgan fingerprint density at radius 3 is 2.88 bits per heavy atom.